The van der Waals surface area contributed by atoms with Gasteiger partial charge in [0.25, 0.3) is 0 Å². The van der Waals surface area contributed by atoms with E-state index in [1.54, 1.807) is 30.3 Å². The highest BCUT2D eigenvalue weighted by atomic mass is 31.2. The van der Waals surface area contributed by atoms with Gasteiger partial charge in [-0.05, 0) is 31.0 Å². The first-order valence-corrected chi connectivity index (χ1v) is 10.2. The number of nitrogens with zero attached hydrogens (tertiary/aromatic N) is 1. The van der Waals surface area contributed by atoms with Crippen LogP contribution in [-0.4, -0.2) is 27.9 Å². The highest BCUT2D eigenvalue weighted by molar-refractivity contribution is 7.56. The first-order valence-electron chi connectivity index (χ1n) is 8.45. The molecule has 0 aliphatic heterocycles. The molecule has 0 spiro atoms. The van der Waals surface area contributed by atoms with Crippen molar-refractivity contribution in [3.05, 3.63) is 78.9 Å². The summed E-state index contributed by atoms with van der Waals surface area (Å²) in [5.74, 6) is -0.591. The van der Waals surface area contributed by atoms with E-state index in [0.717, 1.165) is 5.56 Å². The van der Waals surface area contributed by atoms with E-state index in [0.29, 0.717) is 12.2 Å². The van der Waals surface area contributed by atoms with E-state index in [2.05, 4.69) is 6.58 Å². The fourth-order valence-electron chi connectivity index (χ4n) is 2.53. The Morgan fingerprint density at radius 3 is 2.31 bits per heavy atom. The number of hydrogen-bond acceptors (Lipinski definition) is 3. The second kappa shape index (κ2) is 9.37. The van der Waals surface area contributed by atoms with Crippen molar-refractivity contribution < 1.29 is 19.0 Å². The fourth-order valence-corrected chi connectivity index (χ4v) is 4.95. The molecule has 5 nitrogen and oxygen atoms in total. The fraction of sp³-hybridized carbons (Fsp3) is 0.250. The number of benzene rings is 2. The van der Waals surface area contributed by atoms with Crippen molar-refractivity contribution >= 4 is 13.5 Å². The SMILES string of the molecule is C=CCCP(=O)(Oc1ccccc1)N(Cc1ccccc1)[C@@H](C)C(=O)O. The lowest BCUT2D eigenvalue weighted by atomic mass is 10.2. The zero-order chi connectivity index (χ0) is 19.0. The van der Waals surface area contributed by atoms with Crippen LogP contribution in [-0.2, 0) is 15.9 Å². The third-order valence-electron chi connectivity index (χ3n) is 3.99. The molecule has 0 bridgehead atoms. The average molecular weight is 373 g/mol. The van der Waals surface area contributed by atoms with Crippen molar-refractivity contribution in [3.8, 4) is 5.75 Å². The maximum atomic E-state index is 13.8. The van der Waals surface area contributed by atoms with Crippen molar-refractivity contribution in [1.82, 2.24) is 4.67 Å². The zero-order valence-electron chi connectivity index (χ0n) is 14.8. The van der Waals surface area contributed by atoms with Crippen LogP contribution in [0, 0.1) is 0 Å². The number of carboxylic acid groups (broad SMARTS) is 1. The molecular formula is C20H24NO4P. The highest BCUT2D eigenvalue weighted by Gasteiger charge is 2.38. The third kappa shape index (κ3) is 5.32. The van der Waals surface area contributed by atoms with Crippen LogP contribution < -0.4 is 4.52 Å². The predicted molar refractivity (Wildman–Crippen MR) is 103 cm³/mol. The average Bonchev–Trinajstić information content (AvgIpc) is 2.65. The lowest BCUT2D eigenvalue weighted by molar-refractivity contribution is -0.141. The molecule has 0 amide bonds. The highest BCUT2D eigenvalue weighted by Crippen LogP contribution is 2.53. The molecule has 138 valence electrons. The van der Waals surface area contributed by atoms with Gasteiger partial charge in [0.05, 0.1) is 6.16 Å². The van der Waals surface area contributed by atoms with Gasteiger partial charge in [0.2, 0.25) is 0 Å². The minimum absolute atomic E-state index is 0.190. The summed E-state index contributed by atoms with van der Waals surface area (Å²) in [6.45, 7) is 5.43. The topological polar surface area (TPSA) is 66.8 Å². The normalized spacial score (nSPS) is 14.4. The van der Waals surface area contributed by atoms with E-state index in [1.165, 1.54) is 11.6 Å². The van der Waals surface area contributed by atoms with Crippen LogP contribution in [0.3, 0.4) is 0 Å². The number of allylic oxidation sites excluding steroid dienone is 1. The number of carbonyl (C=O) groups is 1. The van der Waals surface area contributed by atoms with Gasteiger partial charge in [-0.1, -0.05) is 54.6 Å². The van der Waals surface area contributed by atoms with Gasteiger partial charge in [-0.25, -0.2) is 4.67 Å². The van der Waals surface area contributed by atoms with E-state index in [-0.39, 0.29) is 12.7 Å². The molecule has 0 radical (unpaired) electrons. The molecule has 6 heteroatoms. The Morgan fingerprint density at radius 2 is 1.77 bits per heavy atom. The Bertz CT molecular complexity index is 764. The number of hydrogen-bond donors (Lipinski definition) is 1. The molecule has 0 saturated heterocycles. The number of carboxylic acids is 1. The van der Waals surface area contributed by atoms with Crippen LogP contribution >= 0.6 is 7.52 Å². The molecule has 2 rings (SSSR count). The summed E-state index contributed by atoms with van der Waals surface area (Å²) < 4.78 is 21.1. The van der Waals surface area contributed by atoms with E-state index in [9.17, 15) is 14.5 Å². The molecule has 2 atom stereocenters. The van der Waals surface area contributed by atoms with E-state index in [1.807, 2.05) is 36.4 Å². The largest absolute Gasteiger partial charge is 0.480 e. The van der Waals surface area contributed by atoms with Crippen molar-refractivity contribution in [2.45, 2.75) is 25.9 Å². The maximum absolute atomic E-state index is 13.8. The molecule has 1 N–H and O–H groups in total. The lowest BCUT2D eigenvalue weighted by Gasteiger charge is -2.34. The van der Waals surface area contributed by atoms with Crippen LogP contribution in [0.25, 0.3) is 0 Å². The molecule has 26 heavy (non-hydrogen) atoms. The zero-order valence-corrected chi connectivity index (χ0v) is 15.7. The lowest BCUT2D eigenvalue weighted by Crippen LogP contribution is -2.38. The van der Waals surface area contributed by atoms with Crippen LogP contribution in [0.2, 0.25) is 0 Å². The van der Waals surface area contributed by atoms with Gasteiger partial charge in [-0.3, -0.25) is 9.36 Å². The van der Waals surface area contributed by atoms with Gasteiger partial charge in [0, 0.05) is 6.54 Å². The summed E-state index contributed by atoms with van der Waals surface area (Å²) in [6.07, 6.45) is 2.31. The molecule has 0 saturated carbocycles. The molecule has 2 aromatic rings. The standard InChI is InChI=1S/C20H24NO4P/c1-3-4-15-26(24,25-19-13-9-6-10-14-19)21(17(2)20(22)23)16-18-11-7-5-8-12-18/h3,5-14,17H,1,4,15-16H2,2H3,(H,22,23)/t17-,26?/m0/s1. The Hall–Kier alpha value is -2.36. The van der Waals surface area contributed by atoms with Gasteiger partial charge in [-0.15, -0.1) is 6.58 Å². The Balaban J connectivity index is 2.40. The minimum atomic E-state index is -3.46. The Labute approximate surface area is 154 Å². The van der Waals surface area contributed by atoms with Crippen molar-refractivity contribution in [2.24, 2.45) is 0 Å². The van der Waals surface area contributed by atoms with Gasteiger partial charge in [-0.2, -0.15) is 0 Å². The predicted octanol–water partition coefficient (Wildman–Crippen LogP) is 4.81. The second-order valence-corrected chi connectivity index (χ2v) is 8.36. The molecule has 0 heterocycles. The summed E-state index contributed by atoms with van der Waals surface area (Å²) in [7, 11) is -3.46. The molecular weight excluding hydrogens is 349 g/mol. The first kappa shape index (κ1) is 20.0. The summed E-state index contributed by atoms with van der Waals surface area (Å²) in [4.78, 5) is 11.7. The third-order valence-corrected chi connectivity index (χ3v) is 6.58. The second-order valence-electron chi connectivity index (χ2n) is 5.94. The van der Waals surface area contributed by atoms with Crippen molar-refractivity contribution in [2.75, 3.05) is 6.16 Å². The quantitative estimate of drug-likeness (QED) is 0.478. The first-order chi connectivity index (χ1) is 12.5. The molecule has 0 fully saturated rings. The van der Waals surface area contributed by atoms with Crippen LogP contribution in [0.1, 0.15) is 18.9 Å². The van der Waals surface area contributed by atoms with E-state index >= 15 is 0 Å². The number of aliphatic carboxylic acids is 1. The summed E-state index contributed by atoms with van der Waals surface area (Å²) in [6, 6.07) is 17.2. The number of rotatable bonds is 10. The molecule has 2 aromatic carbocycles. The molecule has 0 aliphatic carbocycles. The van der Waals surface area contributed by atoms with E-state index < -0.39 is 19.5 Å². The van der Waals surface area contributed by atoms with Crippen LogP contribution in [0.4, 0.5) is 0 Å². The monoisotopic (exact) mass is 373 g/mol. The summed E-state index contributed by atoms with van der Waals surface area (Å²) in [5, 5.41) is 9.55. The van der Waals surface area contributed by atoms with Gasteiger partial charge in [0.1, 0.15) is 11.8 Å². The maximum Gasteiger partial charge on any atom is 0.321 e. The molecule has 0 aliphatic rings. The Morgan fingerprint density at radius 1 is 1.19 bits per heavy atom. The van der Waals surface area contributed by atoms with Gasteiger partial charge >= 0.3 is 13.5 Å². The molecule has 0 aromatic heterocycles. The Kier molecular flexibility index (Phi) is 7.19. The summed E-state index contributed by atoms with van der Waals surface area (Å²) in [5.41, 5.74) is 0.871. The number of para-hydroxylation sites is 1. The van der Waals surface area contributed by atoms with Crippen LogP contribution in [0.5, 0.6) is 5.75 Å². The van der Waals surface area contributed by atoms with Gasteiger partial charge < -0.3 is 9.63 Å². The smallest absolute Gasteiger partial charge is 0.321 e. The minimum Gasteiger partial charge on any atom is -0.480 e. The molecule has 1 unspecified atom stereocenters. The summed E-state index contributed by atoms with van der Waals surface area (Å²) >= 11 is 0. The van der Waals surface area contributed by atoms with E-state index in [4.69, 9.17) is 4.52 Å². The van der Waals surface area contributed by atoms with Crippen molar-refractivity contribution in [1.29, 1.82) is 0 Å². The van der Waals surface area contributed by atoms with Gasteiger partial charge in [0.15, 0.2) is 0 Å². The van der Waals surface area contributed by atoms with Crippen molar-refractivity contribution in [3.63, 3.8) is 0 Å². The van der Waals surface area contributed by atoms with Crippen LogP contribution in [0.15, 0.2) is 73.3 Å².